The second-order valence-corrected chi connectivity index (χ2v) is 40.1. The Labute approximate surface area is 845 Å². The van der Waals surface area contributed by atoms with Crippen molar-refractivity contribution < 1.29 is 0 Å². The number of nitrogens with zero attached hydrogens (tertiary/aromatic N) is 13. The molecule has 0 unspecified atom stereocenters. The Balaban J connectivity index is 0.0000000944. The molecule has 0 amide bonds. The highest BCUT2D eigenvalue weighted by Gasteiger charge is 2.34. The molecular formula is C136H75N13. The Bertz CT molecular complexity index is 12400. The second-order valence-electron chi connectivity index (χ2n) is 40.1. The molecule has 0 saturated heterocycles. The average molecular weight is 1890 g/mol. The number of rotatable bonds is 5. The van der Waals surface area contributed by atoms with Crippen molar-refractivity contribution in [1.29, 1.82) is 0 Å². The number of hydrogen-bond acceptors (Lipinski definition) is 6. The van der Waals surface area contributed by atoms with E-state index in [2.05, 4.69) is 462 Å². The molecule has 0 N–H and O–H groups in total. The Morgan fingerprint density at radius 1 is 0.168 bits per heavy atom. The minimum Gasteiger partial charge on any atom is -0.308 e. The van der Waals surface area contributed by atoms with Crippen molar-refractivity contribution in [3.8, 4) is 57.3 Å². The predicted molar refractivity (Wildman–Crippen MR) is 620 cm³/mol. The third-order valence-corrected chi connectivity index (χ3v) is 32.7. The highest BCUT2D eigenvalue weighted by atomic mass is 15.2. The van der Waals surface area contributed by atoms with E-state index in [0.29, 0.717) is 5.95 Å². The Kier molecular flexibility index (Phi) is 15.6. The monoisotopic (exact) mass is 1890 g/mol. The average Bonchev–Trinajstić information content (AvgIpc) is 1.51. The molecule has 13 heterocycles. The highest BCUT2D eigenvalue weighted by molar-refractivity contribution is 6.43. The van der Waals surface area contributed by atoms with Crippen LogP contribution in [0.2, 0.25) is 0 Å². The van der Waals surface area contributed by atoms with Gasteiger partial charge in [0.15, 0.2) is 17.5 Å². The molecular weight excluding hydrogens is 1820 g/mol. The summed E-state index contributed by atoms with van der Waals surface area (Å²) in [5.74, 6) is 3.96. The van der Waals surface area contributed by atoms with E-state index in [-0.39, 0.29) is 0 Å². The SMILES string of the molecule is c1cc2c3c(cccc3c1)-c1nc(-n3c4ccccc4c4c5c6c7ccccc7ccc6n6c7ccccc7c(cc43)c56)cnc1-2.c1ccc(-c2nc(-n3c4ccccc4c4c5c6c7ccccc7ccc6n6c7ccccc7c(cc43)c56)c3ccccc3n2)cc1.c1ccc2c(c1)ccc1c2c2ccccc2n1-c1nc(-n2c3ccccc3c3c4c5c6ccccc6ccc5n5c6ccccc6c(cc32)c45)c2ccccc2n1. The smallest absolute Gasteiger partial charge is 0.237 e. The predicted octanol–water partition coefficient (Wildman–Crippen LogP) is 34.7. The molecule has 23 aromatic carbocycles. The zero-order chi connectivity index (χ0) is 96.5. The summed E-state index contributed by atoms with van der Waals surface area (Å²) in [5.41, 5.74) is 27.3. The Hall–Kier alpha value is -20.3. The maximum Gasteiger partial charge on any atom is 0.237 e. The van der Waals surface area contributed by atoms with Crippen LogP contribution < -0.4 is 0 Å². The van der Waals surface area contributed by atoms with Gasteiger partial charge in [0.25, 0.3) is 0 Å². The fourth-order valence-corrected chi connectivity index (χ4v) is 26.9. The summed E-state index contributed by atoms with van der Waals surface area (Å²) in [5, 5.41) is 39.6. The van der Waals surface area contributed by atoms with Crippen LogP contribution in [0.3, 0.4) is 0 Å². The summed E-state index contributed by atoms with van der Waals surface area (Å²) in [7, 11) is 0. The van der Waals surface area contributed by atoms with Crippen LogP contribution in [0.25, 0.3) is 334 Å². The fourth-order valence-electron chi connectivity index (χ4n) is 26.9. The van der Waals surface area contributed by atoms with Gasteiger partial charge < -0.3 is 13.2 Å². The minimum absolute atomic E-state index is 0.648. The molecule has 0 radical (unpaired) electrons. The van der Waals surface area contributed by atoms with Gasteiger partial charge in [-0.15, -0.1) is 0 Å². The van der Waals surface area contributed by atoms with Crippen molar-refractivity contribution in [2.75, 3.05) is 0 Å². The van der Waals surface area contributed by atoms with Gasteiger partial charge in [0, 0.05) is 141 Å². The van der Waals surface area contributed by atoms with Gasteiger partial charge in [0.2, 0.25) is 5.95 Å². The molecule has 1 aliphatic carbocycles. The molecule has 0 aliphatic heterocycles. The van der Waals surface area contributed by atoms with E-state index in [1.54, 1.807) is 0 Å². The first kappa shape index (κ1) is 79.3. The lowest BCUT2D eigenvalue weighted by atomic mass is 9.98. The van der Waals surface area contributed by atoms with Crippen LogP contribution in [0.4, 0.5) is 0 Å². The lowest BCUT2D eigenvalue weighted by Crippen LogP contribution is -2.07. The molecule has 684 valence electrons. The van der Waals surface area contributed by atoms with Gasteiger partial charge in [0.1, 0.15) is 5.82 Å². The molecule has 0 bridgehead atoms. The third kappa shape index (κ3) is 10.4. The van der Waals surface area contributed by atoms with Crippen molar-refractivity contribution in [3.63, 3.8) is 0 Å². The summed E-state index contributed by atoms with van der Waals surface area (Å²) in [6, 6.07) is 162. The number of para-hydroxylation sites is 9. The third-order valence-electron chi connectivity index (χ3n) is 32.7. The number of aromatic nitrogens is 13. The van der Waals surface area contributed by atoms with Crippen molar-refractivity contribution in [2.24, 2.45) is 0 Å². The van der Waals surface area contributed by atoms with Crippen LogP contribution in [0.15, 0.2) is 455 Å². The standard InChI is InChI=1S/C52H29N5.C42H22N4.C42H24N4/c1-3-15-32-30(13-1)25-27-43-46(32)36-19-7-12-24-42(36)57(43)52-53-39-21-9-5-18-35(39)51(54-52)56-41-23-11-8-20-37(41)48-45(56)29-38-34-17-6-10-22-40(34)55-44-28-26-31-14-2-4-16-33(31)47(44)49(48)50(38)55;1-2-12-25-23(9-1)19-20-33-37(25)39-38-27-14-4-6-18-32(27)45(34(38)21-30-26-13-3-5-17-31(26)46(33)42(30)39)35-22-43-40-28-15-7-10-24-11-8-16-29(36(24)28)41(40)44-35;1-2-13-26(14-3-1)41-43-32-19-9-6-17-29(32)42(44-41)46-34-21-11-8-18-30(34)38-36(46)24-31-28-16-7-10-20-33(28)45-35-23-22-25-12-4-5-15-27(25)37(35)39(38)40(31)45/h1-29H;1-22H;1-24H. The fraction of sp³-hybridized carbons (Fsp3) is 0. The van der Waals surface area contributed by atoms with E-state index in [9.17, 15) is 0 Å². The molecule has 0 spiro atoms. The van der Waals surface area contributed by atoms with Gasteiger partial charge in [-0.3, -0.25) is 23.3 Å². The second kappa shape index (κ2) is 29.3. The lowest BCUT2D eigenvalue weighted by Gasteiger charge is -2.14. The van der Waals surface area contributed by atoms with Crippen LogP contribution in [-0.2, 0) is 0 Å². The van der Waals surface area contributed by atoms with Crippen LogP contribution >= 0.6 is 0 Å². The van der Waals surface area contributed by atoms with Crippen molar-refractivity contribution >= 4 is 277 Å². The van der Waals surface area contributed by atoms with Crippen LogP contribution in [0.5, 0.6) is 0 Å². The van der Waals surface area contributed by atoms with Crippen LogP contribution in [0.1, 0.15) is 0 Å². The first-order valence-corrected chi connectivity index (χ1v) is 51.0. The molecule has 149 heavy (non-hydrogen) atoms. The zero-order valence-corrected chi connectivity index (χ0v) is 79.6. The molecule has 13 nitrogen and oxygen atoms in total. The van der Waals surface area contributed by atoms with E-state index >= 15 is 0 Å². The zero-order valence-electron chi connectivity index (χ0n) is 79.6. The molecule has 0 atom stereocenters. The summed E-state index contributed by atoms with van der Waals surface area (Å²) in [6.45, 7) is 0. The van der Waals surface area contributed by atoms with E-state index in [1.807, 2.05) is 24.4 Å². The molecule has 0 fully saturated rings. The normalized spacial score (nSPS) is 12.6. The van der Waals surface area contributed by atoms with E-state index in [1.165, 1.54) is 211 Å². The summed E-state index contributed by atoms with van der Waals surface area (Å²) in [4.78, 5) is 31.9. The number of hydrogen-bond donors (Lipinski definition) is 0. The quantitative estimate of drug-likeness (QED) is 0.170. The Morgan fingerprint density at radius 3 is 0.953 bits per heavy atom. The van der Waals surface area contributed by atoms with Gasteiger partial charge in [-0.2, -0.15) is 4.98 Å². The van der Waals surface area contributed by atoms with E-state index in [0.717, 1.165) is 117 Å². The van der Waals surface area contributed by atoms with Gasteiger partial charge in [0.05, 0.1) is 122 Å². The molecule has 36 aromatic rings. The van der Waals surface area contributed by atoms with Crippen LogP contribution in [-0.4, -0.2) is 61.4 Å². The first-order valence-electron chi connectivity index (χ1n) is 51.0. The summed E-state index contributed by atoms with van der Waals surface area (Å²) >= 11 is 0. The maximum atomic E-state index is 5.67. The van der Waals surface area contributed by atoms with Gasteiger partial charge in [-0.1, -0.05) is 340 Å². The van der Waals surface area contributed by atoms with Crippen molar-refractivity contribution in [3.05, 3.63) is 455 Å². The topological polar surface area (TPSA) is 110 Å². The summed E-state index contributed by atoms with van der Waals surface area (Å²) in [6.07, 6.45) is 1.96. The molecule has 37 rings (SSSR count). The lowest BCUT2D eigenvalue weighted by molar-refractivity contribution is 0.973. The number of benzene rings is 23. The largest absolute Gasteiger partial charge is 0.308 e. The highest BCUT2D eigenvalue weighted by Crippen LogP contribution is 2.56. The van der Waals surface area contributed by atoms with E-state index < -0.39 is 0 Å². The summed E-state index contributed by atoms with van der Waals surface area (Å²) < 4.78 is 16.9. The van der Waals surface area contributed by atoms with Gasteiger partial charge in [-0.25, -0.2) is 19.9 Å². The van der Waals surface area contributed by atoms with Gasteiger partial charge in [-0.05, 0) is 158 Å². The molecule has 0 saturated carbocycles. The minimum atomic E-state index is 0.648. The van der Waals surface area contributed by atoms with Crippen molar-refractivity contribution in [2.45, 2.75) is 0 Å². The Morgan fingerprint density at radius 2 is 0.497 bits per heavy atom. The maximum absolute atomic E-state index is 5.67. The molecule has 1 aliphatic rings. The van der Waals surface area contributed by atoms with Gasteiger partial charge >= 0.3 is 0 Å². The van der Waals surface area contributed by atoms with Crippen LogP contribution in [0, 0.1) is 0 Å². The number of fused-ring (bicyclic) bond motifs is 46. The molecule has 13 heteroatoms. The molecule has 13 aromatic heterocycles. The van der Waals surface area contributed by atoms with E-state index in [4.69, 9.17) is 29.9 Å². The van der Waals surface area contributed by atoms with Crippen molar-refractivity contribution in [1.82, 2.24) is 61.4 Å². The first-order chi connectivity index (χ1) is 74.0.